The molecule has 0 radical (unpaired) electrons. The van der Waals surface area contributed by atoms with Crippen molar-refractivity contribution in [2.75, 3.05) is 13.2 Å². The zero-order valence-electron chi connectivity index (χ0n) is 14.9. The topological polar surface area (TPSA) is 89.8 Å². The summed E-state index contributed by atoms with van der Waals surface area (Å²) in [6.07, 6.45) is 2.51. The molecule has 1 aliphatic heterocycles. The molecule has 3 heterocycles. The first kappa shape index (κ1) is 17.4. The number of epoxide rings is 1. The van der Waals surface area contributed by atoms with E-state index < -0.39 is 5.97 Å². The molecule has 134 valence electrons. The fourth-order valence-corrected chi connectivity index (χ4v) is 2.74. The van der Waals surface area contributed by atoms with Gasteiger partial charge in [-0.1, -0.05) is 6.92 Å². The lowest BCUT2D eigenvalue weighted by molar-refractivity contribution is 0.0696. The van der Waals surface area contributed by atoms with Gasteiger partial charge in [0.05, 0.1) is 41.8 Å². The smallest absolute Gasteiger partial charge is 0.335 e. The first-order chi connectivity index (χ1) is 11.8. The summed E-state index contributed by atoms with van der Waals surface area (Å²) in [7, 11) is 1.79. The summed E-state index contributed by atoms with van der Waals surface area (Å²) in [5.41, 5.74) is 2.05. The average molecular weight is 345 g/mol. The minimum Gasteiger partial charge on any atom is -0.478 e. The number of ether oxygens (including phenoxy) is 2. The molecular formula is C18H23N3O4. The van der Waals surface area contributed by atoms with Crippen molar-refractivity contribution in [3.63, 3.8) is 0 Å². The summed E-state index contributed by atoms with van der Waals surface area (Å²) >= 11 is 0. The predicted octanol–water partition coefficient (Wildman–Crippen LogP) is 2.68. The molecule has 2 atom stereocenters. The van der Waals surface area contributed by atoms with Gasteiger partial charge >= 0.3 is 5.97 Å². The van der Waals surface area contributed by atoms with Gasteiger partial charge in [0.25, 0.3) is 0 Å². The Kier molecular flexibility index (Phi) is 4.51. The van der Waals surface area contributed by atoms with Crippen molar-refractivity contribution >= 4 is 5.97 Å². The number of hydrogen-bond acceptors (Lipinski definition) is 5. The van der Waals surface area contributed by atoms with E-state index in [-0.39, 0.29) is 11.2 Å². The molecule has 0 amide bonds. The molecule has 2 aromatic heterocycles. The molecule has 3 rings (SSSR count). The molecule has 25 heavy (non-hydrogen) atoms. The summed E-state index contributed by atoms with van der Waals surface area (Å²) in [5, 5.41) is 13.5. The molecule has 0 saturated carbocycles. The van der Waals surface area contributed by atoms with Gasteiger partial charge in [0.1, 0.15) is 0 Å². The average Bonchev–Trinajstić information content (AvgIpc) is 3.21. The lowest BCUT2D eigenvalue weighted by Crippen LogP contribution is -2.20. The van der Waals surface area contributed by atoms with Crippen LogP contribution in [0.5, 0.6) is 5.88 Å². The molecule has 1 saturated heterocycles. The summed E-state index contributed by atoms with van der Waals surface area (Å²) in [5.74, 6) is 0.00741. The van der Waals surface area contributed by atoms with Crippen LogP contribution in [0, 0.1) is 12.8 Å². The summed E-state index contributed by atoms with van der Waals surface area (Å²) < 4.78 is 13.1. The van der Waals surface area contributed by atoms with Crippen molar-refractivity contribution in [2.45, 2.75) is 32.8 Å². The van der Waals surface area contributed by atoms with Crippen LogP contribution in [-0.4, -0.2) is 44.7 Å². The van der Waals surface area contributed by atoms with Crippen molar-refractivity contribution in [2.24, 2.45) is 13.0 Å². The van der Waals surface area contributed by atoms with Crippen LogP contribution in [0.25, 0.3) is 11.3 Å². The SMILES string of the molecule is Cc1cc(C(=O)O)cc(-c2cnn(C)c2OCCC(C)C2(C)CO2)n1. The van der Waals surface area contributed by atoms with Crippen LogP contribution >= 0.6 is 0 Å². The zero-order valence-corrected chi connectivity index (χ0v) is 14.9. The van der Waals surface area contributed by atoms with Gasteiger partial charge in [-0.05, 0) is 38.3 Å². The number of pyridine rings is 1. The second-order valence-electron chi connectivity index (χ2n) is 6.81. The molecular weight excluding hydrogens is 322 g/mol. The quantitative estimate of drug-likeness (QED) is 0.776. The zero-order chi connectivity index (χ0) is 18.2. The molecule has 0 aromatic carbocycles. The summed E-state index contributed by atoms with van der Waals surface area (Å²) in [6, 6.07) is 3.08. The third kappa shape index (κ3) is 3.66. The molecule has 1 aliphatic rings. The van der Waals surface area contributed by atoms with Gasteiger partial charge < -0.3 is 14.6 Å². The number of carboxylic acid groups (broad SMARTS) is 1. The van der Waals surface area contributed by atoms with Gasteiger partial charge in [-0.2, -0.15) is 5.10 Å². The van der Waals surface area contributed by atoms with Crippen molar-refractivity contribution in [3.05, 3.63) is 29.6 Å². The first-order valence-corrected chi connectivity index (χ1v) is 8.31. The molecule has 2 unspecified atom stereocenters. The van der Waals surface area contributed by atoms with Gasteiger partial charge in [0.2, 0.25) is 5.88 Å². The first-order valence-electron chi connectivity index (χ1n) is 8.31. The second-order valence-corrected chi connectivity index (χ2v) is 6.81. The Hall–Kier alpha value is -2.41. The Morgan fingerprint density at radius 2 is 2.24 bits per heavy atom. The number of nitrogens with zero attached hydrogens (tertiary/aromatic N) is 3. The summed E-state index contributed by atoms with van der Waals surface area (Å²) in [6.45, 7) is 7.37. The van der Waals surface area contributed by atoms with Crippen LogP contribution in [0.4, 0.5) is 0 Å². The van der Waals surface area contributed by atoms with E-state index in [9.17, 15) is 9.90 Å². The molecule has 1 fully saturated rings. The number of aromatic nitrogens is 3. The minimum atomic E-state index is -0.982. The maximum atomic E-state index is 11.3. The van der Waals surface area contributed by atoms with E-state index >= 15 is 0 Å². The van der Waals surface area contributed by atoms with Gasteiger partial charge in [0.15, 0.2) is 0 Å². The fourth-order valence-electron chi connectivity index (χ4n) is 2.74. The number of aryl methyl sites for hydroxylation is 2. The monoisotopic (exact) mass is 345 g/mol. The largest absolute Gasteiger partial charge is 0.478 e. The van der Waals surface area contributed by atoms with Crippen LogP contribution in [0.15, 0.2) is 18.3 Å². The summed E-state index contributed by atoms with van der Waals surface area (Å²) in [4.78, 5) is 15.7. The third-order valence-corrected chi connectivity index (χ3v) is 4.79. The van der Waals surface area contributed by atoms with Crippen LogP contribution in [0.3, 0.4) is 0 Å². The normalized spacial score (nSPS) is 20.3. The molecule has 7 heteroatoms. The molecule has 0 spiro atoms. The van der Waals surface area contributed by atoms with E-state index in [1.807, 2.05) is 0 Å². The van der Waals surface area contributed by atoms with Crippen molar-refractivity contribution < 1.29 is 19.4 Å². The number of rotatable bonds is 7. The Bertz CT molecular complexity index is 796. The fraction of sp³-hybridized carbons (Fsp3) is 0.500. The number of hydrogen-bond donors (Lipinski definition) is 1. The lowest BCUT2D eigenvalue weighted by Gasteiger charge is -2.16. The standard InChI is InChI=1S/C18H23N3O4/c1-11(18(3)10-25-18)5-6-24-16-14(9-19-21(16)4)15-8-13(17(22)23)7-12(2)20-15/h7-9,11H,5-6,10H2,1-4H3,(H,22,23). The Balaban J connectivity index is 1.78. The van der Waals surface area contributed by atoms with Crippen molar-refractivity contribution in [3.8, 4) is 17.1 Å². The van der Waals surface area contributed by atoms with E-state index in [0.717, 1.165) is 13.0 Å². The molecule has 0 aliphatic carbocycles. The third-order valence-electron chi connectivity index (χ3n) is 4.79. The van der Waals surface area contributed by atoms with E-state index in [0.29, 0.717) is 35.4 Å². The highest BCUT2D eigenvalue weighted by Crippen LogP contribution is 2.36. The van der Waals surface area contributed by atoms with Crippen LogP contribution < -0.4 is 4.74 Å². The highest BCUT2D eigenvalue weighted by Gasteiger charge is 2.44. The number of carboxylic acids is 1. The molecule has 1 N–H and O–H groups in total. The second kappa shape index (κ2) is 6.48. The number of aromatic carboxylic acids is 1. The van der Waals surface area contributed by atoms with Crippen molar-refractivity contribution in [1.29, 1.82) is 0 Å². The van der Waals surface area contributed by atoms with E-state index in [4.69, 9.17) is 9.47 Å². The van der Waals surface area contributed by atoms with E-state index in [1.165, 1.54) is 0 Å². The highest BCUT2D eigenvalue weighted by molar-refractivity contribution is 5.89. The van der Waals surface area contributed by atoms with Gasteiger partial charge in [-0.25, -0.2) is 9.48 Å². The van der Waals surface area contributed by atoms with Crippen LogP contribution in [-0.2, 0) is 11.8 Å². The Morgan fingerprint density at radius 1 is 1.52 bits per heavy atom. The Labute approximate surface area is 146 Å². The molecule has 0 bridgehead atoms. The molecule has 7 nitrogen and oxygen atoms in total. The van der Waals surface area contributed by atoms with Gasteiger partial charge in [0, 0.05) is 12.7 Å². The highest BCUT2D eigenvalue weighted by atomic mass is 16.6. The van der Waals surface area contributed by atoms with Crippen LogP contribution in [0.1, 0.15) is 36.3 Å². The van der Waals surface area contributed by atoms with Gasteiger partial charge in [-0.3, -0.25) is 4.98 Å². The lowest BCUT2D eigenvalue weighted by atomic mass is 9.94. The van der Waals surface area contributed by atoms with E-state index in [1.54, 1.807) is 37.0 Å². The van der Waals surface area contributed by atoms with Crippen LogP contribution in [0.2, 0.25) is 0 Å². The minimum absolute atomic E-state index is 0.0207. The number of carbonyl (C=O) groups is 1. The Morgan fingerprint density at radius 3 is 2.88 bits per heavy atom. The van der Waals surface area contributed by atoms with E-state index in [2.05, 4.69) is 23.9 Å². The van der Waals surface area contributed by atoms with Gasteiger partial charge in [-0.15, -0.1) is 0 Å². The van der Waals surface area contributed by atoms with Crippen molar-refractivity contribution in [1.82, 2.24) is 14.8 Å². The predicted molar refractivity (Wildman–Crippen MR) is 91.8 cm³/mol. The molecule has 2 aromatic rings. The maximum absolute atomic E-state index is 11.3. The maximum Gasteiger partial charge on any atom is 0.335 e.